The van der Waals surface area contributed by atoms with E-state index >= 15 is 0 Å². The van der Waals surface area contributed by atoms with Gasteiger partial charge in [0.25, 0.3) is 0 Å². The molecule has 1 heterocycles. The standard InChI is InChI=1S/C18H25FN4O/c1-14-5-4-10-23(13-14)9-3-2-8-21-18(24)22-17-7-6-16(19)11-15(17)12-20/h6-7,11,14H,2-5,8-10,13H2,1H3,(H2,21,22,24). The van der Waals surface area contributed by atoms with Crippen LogP contribution in [0.4, 0.5) is 14.9 Å². The second kappa shape index (κ2) is 9.24. The Morgan fingerprint density at radius 1 is 1.46 bits per heavy atom. The van der Waals surface area contributed by atoms with E-state index in [0.717, 1.165) is 31.4 Å². The van der Waals surface area contributed by atoms with E-state index in [-0.39, 0.29) is 11.6 Å². The second-order valence-electron chi connectivity index (χ2n) is 6.44. The number of amides is 2. The quantitative estimate of drug-likeness (QED) is 0.785. The molecule has 2 amide bonds. The van der Waals surface area contributed by atoms with Gasteiger partial charge in [0.1, 0.15) is 11.9 Å². The number of halogens is 1. The van der Waals surface area contributed by atoms with Crippen molar-refractivity contribution in [1.82, 2.24) is 10.2 Å². The van der Waals surface area contributed by atoms with E-state index in [0.29, 0.717) is 12.2 Å². The van der Waals surface area contributed by atoms with Crippen LogP contribution in [0, 0.1) is 23.1 Å². The molecule has 1 aliphatic rings. The smallest absolute Gasteiger partial charge is 0.319 e. The topological polar surface area (TPSA) is 68.2 Å². The first kappa shape index (κ1) is 18.2. The number of likely N-dealkylation sites (tertiary alicyclic amines) is 1. The molecule has 0 bridgehead atoms. The average molecular weight is 332 g/mol. The number of anilines is 1. The number of hydrogen-bond acceptors (Lipinski definition) is 3. The van der Waals surface area contributed by atoms with E-state index in [1.165, 1.54) is 38.1 Å². The number of benzene rings is 1. The number of hydrogen-bond donors (Lipinski definition) is 2. The number of carbonyl (C=O) groups excluding carboxylic acids is 1. The molecule has 130 valence electrons. The zero-order chi connectivity index (χ0) is 17.4. The van der Waals surface area contributed by atoms with Gasteiger partial charge >= 0.3 is 6.03 Å². The third kappa shape index (κ3) is 5.82. The van der Waals surface area contributed by atoms with Gasteiger partial charge in [-0.05, 0) is 62.9 Å². The predicted molar refractivity (Wildman–Crippen MR) is 92.2 cm³/mol. The molecule has 24 heavy (non-hydrogen) atoms. The number of nitriles is 1. The van der Waals surface area contributed by atoms with Crippen molar-refractivity contribution >= 4 is 11.7 Å². The monoisotopic (exact) mass is 332 g/mol. The van der Waals surface area contributed by atoms with Gasteiger partial charge in [-0.15, -0.1) is 0 Å². The summed E-state index contributed by atoms with van der Waals surface area (Å²) in [6.07, 6.45) is 4.56. The number of piperidine rings is 1. The fourth-order valence-electron chi connectivity index (χ4n) is 3.04. The van der Waals surface area contributed by atoms with Gasteiger partial charge in [-0.25, -0.2) is 9.18 Å². The van der Waals surface area contributed by atoms with Crippen LogP contribution in [0.15, 0.2) is 18.2 Å². The average Bonchev–Trinajstić information content (AvgIpc) is 2.56. The van der Waals surface area contributed by atoms with Gasteiger partial charge in [0.15, 0.2) is 0 Å². The molecule has 0 aromatic heterocycles. The number of urea groups is 1. The van der Waals surface area contributed by atoms with E-state index in [2.05, 4.69) is 22.5 Å². The number of rotatable bonds is 6. The molecule has 1 atom stereocenters. The molecule has 0 saturated carbocycles. The van der Waals surface area contributed by atoms with Crippen LogP contribution in [0.3, 0.4) is 0 Å². The molecule has 1 aromatic rings. The van der Waals surface area contributed by atoms with Gasteiger partial charge in [0, 0.05) is 13.1 Å². The van der Waals surface area contributed by atoms with E-state index in [1.807, 2.05) is 6.07 Å². The molecule has 0 spiro atoms. The Hall–Kier alpha value is -2.13. The van der Waals surface area contributed by atoms with Crippen LogP contribution in [-0.4, -0.2) is 37.1 Å². The molecule has 1 aromatic carbocycles. The third-order valence-electron chi connectivity index (χ3n) is 4.28. The van der Waals surface area contributed by atoms with Gasteiger partial charge in [0.2, 0.25) is 0 Å². The van der Waals surface area contributed by atoms with Crippen molar-refractivity contribution in [2.45, 2.75) is 32.6 Å². The normalized spacial score (nSPS) is 18.0. The number of nitrogens with one attached hydrogen (secondary N) is 2. The fraction of sp³-hybridized carbons (Fsp3) is 0.556. The van der Waals surface area contributed by atoms with Crippen LogP contribution in [-0.2, 0) is 0 Å². The van der Waals surface area contributed by atoms with Crippen molar-refractivity contribution in [3.8, 4) is 6.07 Å². The first-order valence-electron chi connectivity index (χ1n) is 8.55. The lowest BCUT2D eigenvalue weighted by Crippen LogP contribution is -2.35. The lowest BCUT2D eigenvalue weighted by atomic mass is 10.0. The molecule has 0 radical (unpaired) electrons. The highest BCUT2D eigenvalue weighted by Crippen LogP contribution is 2.16. The van der Waals surface area contributed by atoms with Crippen molar-refractivity contribution in [3.63, 3.8) is 0 Å². The summed E-state index contributed by atoms with van der Waals surface area (Å²) in [5.41, 5.74) is 0.433. The van der Waals surface area contributed by atoms with Gasteiger partial charge < -0.3 is 15.5 Å². The molecular formula is C18H25FN4O. The summed E-state index contributed by atoms with van der Waals surface area (Å²) in [4.78, 5) is 14.3. The molecule has 1 fully saturated rings. The minimum atomic E-state index is -0.496. The Balaban J connectivity index is 1.64. The van der Waals surface area contributed by atoms with Crippen molar-refractivity contribution in [2.24, 2.45) is 5.92 Å². The number of carbonyl (C=O) groups is 1. The minimum Gasteiger partial charge on any atom is -0.338 e. The van der Waals surface area contributed by atoms with E-state index in [4.69, 9.17) is 5.26 Å². The Kier molecular flexibility index (Phi) is 7.01. The van der Waals surface area contributed by atoms with Gasteiger partial charge in [-0.3, -0.25) is 0 Å². The molecule has 1 unspecified atom stereocenters. The lowest BCUT2D eigenvalue weighted by molar-refractivity contribution is 0.181. The van der Waals surface area contributed by atoms with Crippen LogP contribution < -0.4 is 10.6 Å². The Bertz CT molecular complexity index is 599. The maximum absolute atomic E-state index is 13.1. The molecule has 1 saturated heterocycles. The van der Waals surface area contributed by atoms with Crippen molar-refractivity contribution in [1.29, 1.82) is 5.26 Å². The van der Waals surface area contributed by atoms with Crippen LogP contribution in [0.25, 0.3) is 0 Å². The van der Waals surface area contributed by atoms with Crippen LogP contribution >= 0.6 is 0 Å². The first-order valence-corrected chi connectivity index (χ1v) is 8.55. The van der Waals surface area contributed by atoms with E-state index < -0.39 is 5.82 Å². The zero-order valence-corrected chi connectivity index (χ0v) is 14.1. The molecule has 0 aliphatic carbocycles. The molecule has 2 N–H and O–H groups in total. The SMILES string of the molecule is CC1CCCN(CCCCNC(=O)Nc2ccc(F)cc2C#N)C1. The fourth-order valence-corrected chi connectivity index (χ4v) is 3.04. The van der Waals surface area contributed by atoms with Gasteiger partial charge in [0.05, 0.1) is 11.3 Å². The molecular weight excluding hydrogens is 307 g/mol. The Morgan fingerprint density at radius 2 is 2.29 bits per heavy atom. The third-order valence-corrected chi connectivity index (χ3v) is 4.28. The summed E-state index contributed by atoms with van der Waals surface area (Å²) in [6, 6.07) is 5.22. The largest absolute Gasteiger partial charge is 0.338 e. The van der Waals surface area contributed by atoms with Gasteiger partial charge in [-0.2, -0.15) is 5.26 Å². The first-order chi connectivity index (χ1) is 11.6. The maximum atomic E-state index is 13.1. The summed E-state index contributed by atoms with van der Waals surface area (Å²) >= 11 is 0. The van der Waals surface area contributed by atoms with Gasteiger partial charge in [-0.1, -0.05) is 6.92 Å². The highest BCUT2D eigenvalue weighted by molar-refractivity contribution is 5.90. The highest BCUT2D eigenvalue weighted by Gasteiger charge is 2.15. The molecule has 6 heteroatoms. The zero-order valence-electron chi connectivity index (χ0n) is 14.1. The van der Waals surface area contributed by atoms with Crippen LogP contribution in [0.2, 0.25) is 0 Å². The van der Waals surface area contributed by atoms with Crippen molar-refractivity contribution < 1.29 is 9.18 Å². The number of unbranched alkanes of at least 4 members (excludes halogenated alkanes) is 1. The van der Waals surface area contributed by atoms with E-state index in [9.17, 15) is 9.18 Å². The Morgan fingerprint density at radius 3 is 3.04 bits per heavy atom. The van der Waals surface area contributed by atoms with Crippen molar-refractivity contribution in [2.75, 3.05) is 31.5 Å². The number of nitrogens with zero attached hydrogens (tertiary/aromatic N) is 2. The maximum Gasteiger partial charge on any atom is 0.319 e. The lowest BCUT2D eigenvalue weighted by Gasteiger charge is -2.30. The highest BCUT2D eigenvalue weighted by atomic mass is 19.1. The molecule has 2 rings (SSSR count). The Labute approximate surface area is 142 Å². The molecule has 5 nitrogen and oxygen atoms in total. The van der Waals surface area contributed by atoms with E-state index in [1.54, 1.807) is 0 Å². The summed E-state index contributed by atoms with van der Waals surface area (Å²) in [5.74, 6) is 0.289. The summed E-state index contributed by atoms with van der Waals surface area (Å²) in [6.45, 7) is 6.31. The van der Waals surface area contributed by atoms with Crippen molar-refractivity contribution in [3.05, 3.63) is 29.6 Å². The summed E-state index contributed by atoms with van der Waals surface area (Å²) in [7, 11) is 0. The van der Waals surface area contributed by atoms with Crippen LogP contribution in [0.1, 0.15) is 38.2 Å². The summed E-state index contributed by atoms with van der Waals surface area (Å²) in [5, 5.41) is 14.3. The molecule has 1 aliphatic heterocycles. The second-order valence-corrected chi connectivity index (χ2v) is 6.44. The minimum absolute atomic E-state index is 0.115. The summed E-state index contributed by atoms with van der Waals surface area (Å²) < 4.78 is 13.1. The van der Waals surface area contributed by atoms with Crippen LogP contribution in [0.5, 0.6) is 0 Å². The predicted octanol–water partition coefficient (Wildman–Crippen LogP) is 3.33.